The van der Waals surface area contributed by atoms with Crippen molar-refractivity contribution in [2.24, 2.45) is 0 Å². The summed E-state index contributed by atoms with van der Waals surface area (Å²) in [7, 11) is 0. The molecule has 114 valence electrons. The molecule has 0 amide bonds. The molecule has 8 heteroatoms. The van der Waals surface area contributed by atoms with E-state index in [4.69, 9.17) is 11.6 Å². The van der Waals surface area contributed by atoms with Crippen LogP contribution in [0.5, 0.6) is 5.75 Å². The molecule has 0 saturated carbocycles. The summed E-state index contributed by atoms with van der Waals surface area (Å²) in [6.07, 6.45) is 3.09. The number of hydrogen-bond acceptors (Lipinski definition) is 4. The molecular weight excluding hydrogens is 316 g/mol. The van der Waals surface area contributed by atoms with Crippen molar-refractivity contribution in [1.29, 1.82) is 5.26 Å². The average Bonchev–Trinajstić information content (AvgIpc) is 2.91. The van der Waals surface area contributed by atoms with E-state index in [0.29, 0.717) is 0 Å². The molecule has 1 aromatic carbocycles. The third-order valence-electron chi connectivity index (χ3n) is 2.75. The van der Waals surface area contributed by atoms with Gasteiger partial charge in [-0.25, -0.2) is 0 Å². The van der Waals surface area contributed by atoms with E-state index in [1.807, 2.05) is 6.07 Å². The second kappa shape index (κ2) is 6.54. The molecule has 0 aliphatic heterocycles. The van der Waals surface area contributed by atoms with Gasteiger partial charge in [0.2, 0.25) is 0 Å². The van der Waals surface area contributed by atoms with Gasteiger partial charge in [0, 0.05) is 24.0 Å². The Bertz CT molecular complexity index is 693. The van der Waals surface area contributed by atoms with Crippen LogP contribution in [0.1, 0.15) is 11.5 Å². The topological polar surface area (TPSA) is 67.9 Å². The fourth-order valence-electron chi connectivity index (χ4n) is 1.87. The third kappa shape index (κ3) is 4.27. The Morgan fingerprint density at radius 1 is 1.50 bits per heavy atom. The maximum atomic E-state index is 12.6. The normalized spacial score (nSPS) is 12.5. The number of nitriles is 1. The van der Waals surface area contributed by atoms with Gasteiger partial charge in [0.15, 0.2) is 5.78 Å². The highest BCUT2D eigenvalue weighted by Crippen LogP contribution is 2.28. The third-order valence-corrected chi connectivity index (χ3v) is 2.83. The Balaban J connectivity index is 2.19. The monoisotopic (exact) mass is 325 g/mol. The fourth-order valence-corrected chi connectivity index (χ4v) is 1.96. The van der Waals surface area contributed by atoms with Gasteiger partial charge in [-0.1, -0.05) is 12.1 Å². The van der Waals surface area contributed by atoms with Crippen molar-refractivity contribution in [3.8, 4) is 11.8 Å². The summed E-state index contributed by atoms with van der Waals surface area (Å²) < 4.78 is 30.9. The summed E-state index contributed by atoms with van der Waals surface area (Å²) in [5, 5.41) is 13.1. The Morgan fingerprint density at radius 3 is 2.86 bits per heavy atom. The van der Waals surface area contributed by atoms with Gasteiger partial charge in [0.05, 0.1) is 6.07 Å². The zero-order valence-corrected chi connectivity index (χ0v) is 11.9. The zero-order chi connectivity index (χ0) is 16.2. The molecule has 1 heterocycles. The first-order valence-corrected chi connectivity index (χ1v) is 6.52. The zero-order valence-electron chi connectivity index (χ0n) is 11.1. The molecule has 2 aromatic rings. The first-order valence-electron chi connectivity index (χ1n) is 6.14. The molecule has 0 saturated heterocycles. The number of benzene rings is 1. The van der Waals surface area contributed by atoms with Crippen LogP contribution in [0.4, 0.5) is 8.78 Å². The number of hydrogen-bond donors (Lipinski definition) is 0. The molecule has 0 spiro atoms. The molecule has 22 heavy (non-hydrogen) atoms. The van der Waals surface area contributed by atoms with E-state index < -0.39 is 17.3 Å². The minimum absolute atomic E-state index is 0.0953. The van der Waals surface area contributed by atoms with E-state index >= 15 is 0 Å². The number of alkyl halides is 3. The van der Waals surface area contributed by atoms with Gasteiger partial charge in [-0.05, 0) is 23.8 Å². The quantitative estimate of drug-likeness (QED) is 0.766. The molecule has 0 radical (unpaired) electrons. The molecule has 0 N–H and O–H groups in total. The molecule has 0 bridgehead atoms. The molecule has 0 aliphatic rings. The average molecular weight is 326 g/mol. The number of aromatic nitrogens is 2. The number of halogens is 3. The number of Topliss-reactive ketones (excluding diaryl/α,β-unsaturated/α-hetero) is 1. The van der Waals surface area contributed by atoms with Crippen LogP contribution in [0.2, 0.25) is 0 Å². The summed E-state index contributed by atoms with van der Waals surface area (Å²) in [5.41, 5.74) is -3.61. The summed E-state index contributed by atoms with van der Waals surface area (Å²) in [6.45, 7) is -0.0953. The van der Waals surface area contributed by atoms with Gasteiger partial charge in [-0.2, -0.15) is 10.4 Å². The minimum atomic E-state index is -3.86. The smallest absolute Gasteiger partial charge is 0.420 e. The molecule has 1 atom stereocenters. The minimum Gasteiger partial charge on any atom is -0.420 e. The number of ketones is 1. The lowest BCUT2D eigenvalue weighted by Gasteiger charge is -2.13. The predicted octanol–water partition coefficient (Wildman–Crippen LogP) is 2.93. The van der Waals surface area contributed by atoms with E-state index in [2.05, 4.69) is 9.84 Å². The Hall–Kier alpha value is -2.46. The summed E-state index contributed by atoms with van der Waals surface area (Å²) >= 11 is 4.69. The van der Waals surface area contributed by atoms with Gasteiger partial charge < -0.3 is 4.74 Å². The molecule has 0 unspecified atom stereocenters. The van der Waals surface area contributed by atoms with Gasteiger partial charge >= 0.3 is 5.57 Å². The summed E-state index contributed by atoms with van der Waals surface area (Å²) in [4.78, 5) is 12.1. The van der Waals surface area contributed by atoms with Crippen LogP contribution in [-0.2, 0) is 11.3 Å². The highest BCUT2D eigenvalue weighted by atomic mass is 35.5. The maximum absolute atomic E-state index is 12.6. The second-order valence-electron chi connectivity index (χ2n) is 4.35. The largest absolute Gasteiger partial charge is 0.487 e. The standard InChI is InChI=1S/C14H10ClF2N3O2/c15-14(16,17)22-11-4-1-3-10(7-11)12(8-18)13(21)9-20-6-2-5-19-20/h1-7,12H,9H2/t12-/m1/s1. The molecule has 2 rings (SSSR count). The number of carbonyl (C=O) groups excluding carboxylic acids is 1. The maximum Gasteiger partial charge on any atom is 0.487 e. The van der Waals surface area contributed by atoms with Crippen molar-refractivity contribution in [2.75, 3.05) is 0 Å². The lowest BCUT2D eigenvalue weighted by atomic mass is 9.96. The highest BCUT2D eigenvalue weighted by Gasteiger charge is 2.28. The predicted molar refractivity (Wildman–Crippen MR) is 73.5 cm³/mol. The molecule has 5 nitrogen and oxygen atoms in total. The fraction of sp³-hybridized carbons (Fsp3) is 0.214. The van der Waals surface area contributed by atoms with E-state index in [-0.39, 0.29) is 17.9 Å². The van der Waals surface area contributed by atoms with Gasteiger partial charge in [0.25, 0.3) is 0 Å². The number of carbonyl (C=O) groups is 1. The molecular formula is C14H10ClF2N3O2. The van der Waals surface area contributed by atoms with E-state index in [9.17, 15) is 18.8 Å². The van der Waals surface area contributed by atoms with Crippen LogP contribution in [0, 0.1) is 11.3 Å². The molecule has 1 aromatic heterocycles. The Morgan fingerprint density at radius 2 is 2.27 bits per heavy atom. The molecule has 0 aliphatic carbocycles. The van der Waals surface area contributed by atoms with Gasteiger partial charge in [-0.15, -0.1) is 8.78 Å². The summed E-state index contributed by atoms with van der Waals surface area (Å²) in [5.74, 6) is -1.76. The van der Waals surface area contributed by atoms with Crippen LogP contribution < -0.4 is 4.74 Å². The lowest BCUT2D eigenvalue weighted by molar-refractivity contribution is -0.120. The van der Waals surface area contributed by atoms with Crippen molar-refractivity contribution in [1.82, 2.24) is 9.78 Å². The van der Waals surface area contributed by atoms with Crippen molar-refractivity contribution in [3.05, 3.63) is 48.3 Å². The van der Waals surface area contributed by atoms with Crippen molar-refractivity contribution in [2.45, 2.75) is 18.0 Å². The second-order valence-corrected chi connectivity index (χ2v) is 4.79. The number of ether oxygens (including phenoxy) is 1. The Labute approximate surface area is 129 Å². The van der Waals surface area contributed by atoms with Crippen LogP contribution in [0.25, 0.3) is 0 Å². The SMILES string of the molecule is N#C[C@@H](C(=O)Cn1cccn1)c1cccc(OC(F)(F)Cl)c1. The van der Waals surface area contributed by atoms with Crippen molar-refractivity contribution < 1.29 is 18.3 Å². The van der Waals surface area contributed by atoms with Gasteiger partial charge in [-0.3, -0.25) is 9.48 Å². The van der Waals surface area contributed by atoms with E-state index in [1.165, 1.54) is 35.1 Å². The van der Waals surface area contributed by atoms with Crippen LogP contribution in [-0.4, -0.2) is 21.1 Å². The van der Waals surface area contributed by atoms with Crippen molar-refractivity contribution in [3.63, 3.8) is 0 Å². The number of rotatable bonds is 6. The van der Waals surface area contributed by atoms with Crippen LogP contribution >= 0.6 is 11.6 Å². The van der Waals surface area contributed by atoms with Crippen LogP contribution in [0.3, 0.4) is 0 Å². The highest BCUT2D eigenvalue weighted by molar-refractivity contribution is 6.20. The van der Waals surface area contributed by atoms with E-state index in [1.54, 1.807) is 12.3 Å². The van der Waals surface area contributed by atoms with E-state index in [0.717, 1.165) is 0 Å². The lowest BCUT2D eigenvalue weighted by Crippen LogP contribution is -2.19. The number of nitrogens with zero attached hydrogens (tertiary/aromatic N) is 3. The van der Waals surface area contributed by atoms with Crippen molar-refractivity contribution >= 4 is 17.4 Å². The van der Waals surface area contributed by atoms with Gasteiger partial charge in [0.1, 0.15) is 18.2 Å². The van der Waals surface area contributed by atoms with Crippen LogP contribution in [0.15, 0.2) is 42.7 Å². The first kappa shape index (κ1) is 15.9. The first-order chi connectivity index (χ1) is 10.4. The Kier molecular flexibility index (Phi) is 4.73. The summed E-state index contributed by atoms with van der Waals surface area (Å²) in [6, 6.07) is 8.82. The molecule has 0 fully saturated rings.